The van der Waals surface area contributed by atoms with E-state index in [2.05, 4.69) is 5.32 Å². The summed E-state index contributed by atoms with van der Waals surface area (Å²) in [6.07, 6.45) is 0. The Morgan fingerprint density at radius 2 is 1.67 bits per heavy atom. The maximum Gasteiger partial charge on any atom is 0.345 e. The van der Waals surface area contributed by atoms with Gasteiger partial charge >= 0.3 is 5.97 Å². The van der Waals surface area contributed by atoms with Crippen molar-refractivity contribution in [3.8, 4) is 0 Å². The first kappa shape index (κ1) is 12.3. The summed E-state index contributed by atoms with van der Waals surface area (Å²) < 4.78 is 12.7. The lowest BCUT2D eigenvalue weighted by Crippen LogP contribution is -2.09. The second-order valence-electron chi connectivity index (χ2n) is 3.43. The van der Waals surface area contributed by atoms with Gasteiger partial charge in [-0.2, -0.15) is 0 Å². The molecule has 0 aliphatic heterocycles. The average molecular weight is 265 g/mol. The number of carbonyl (C=O) groups is 2. The molecule has 2 aromatic rings. The van der Waals surface area contributed by atoms with E-state index in [4.69, 9.17) is 5.11 Å². The zero-order valence-corrected chi connectivity index (χ0v) is 9.83. The second kappa shape index (κ2) is 4.97. The number of halogens is 1. The Hall–Kier alpha value is -2.21. The first-order chi connectivity index (χ1) is 8.56. The molecule has 0 saturated carbocycles. The molecule has 2 N–H and O–H groups in total. The van der Waals surface area contributed by atoms with Crippen LogP contribution < -0.4 is 5.32 Å². The van der Waals surface area contributed by atoms with E-state index in [-0.39, 0.29) is 9.75 Å². The van der Waals surface area contributed by atoms with E-state index in [0.29, 0.717) is 5.69 Å². The van der Waals surface area contributed by atoms with Crippen molar-refractivity contribution in [1.29, 1.82) is 0 Å². The number of hydrogen-bond donors (Lipinski definition) is 2. The molecule has 0 fully saturated rings. The van der Waals surface area contributed by atoms with Crippen LogP contribution in [0.2, 0.25) is 0 Å². The maximum absolute atomic E-state index is 12.7. The number of nitrogens with one attached hydrogen (secondary N) is 1. The van der Waals surface area contributed by atoms with Gasteiger partial charge < -0.3 is 10.4 Å². The van der Waals surface area contributed by atoms with Crippen molar-refractivity contribution in [2.24, 2.45) is 0 Å². The van der Waals surface area contributed by atoms with E-state index in [1.54, 1.807) is 0 Å². The summed E-state index contributed by atoms with van der Waals surface area (Å²) in [7, 11) is 0. The summed E-state index contributed by atoms with van der Waals surface area (Å²) in [6.45, 7) is 0. The van der Waals surface area contributed by atoms with Crippen LogP contribution in [0.4, 0.5) is 10.1 Å². The van der Waals surface area contributed by atoms with Crippen LogP contribution in [-0.4, -0.2) is 17.0 Å². The fourth-order valence-electron chi connectivity index (χ4n) is 1.30. The molecule has 1 aromatic carbocycles. The number of hydrogen-bond acceptors (Lipinski definition) is 3. The third-order valence-electron chi connectivity index (χ3n) is 2.14. The summed E-state index contributed by atoms with van der Waals surface area (Å²) in [4.78, 5) is 22.8. The van der Waals surface area contributed by atoms with Gasteiger partial charge in [-0.1, -0.05) is 0 Å². The average Bonchev–Trinajstić information content (AvgIpc) is 2.81. The molecule has 18 heavy (non-hydrogen) atoms. The van der Waals surface area contributed by atoms with Gasteiger partial charge in [0.2, 0.25) is 0 Å². The SMILES string of the molecule is O=C(O)c1ccc(C(=O)Nc2ccc(F)cc2)s1. The summed E-state index contributed by atoms with van der Waals surface area (Å²) in [5, 5.41) is 11.3. The highest BCUT2D eigenvalue weighted by molar-refractivity contribution is 7.15. The summed E-state index contributed by atoms with van der Waals surface area (Å²) in [5.74, 6) is -1.88. The molecule has 4 nitrogen and oxygen atoms in total. The van der Waals surface area contributed by atoms with Gasteiger partial charge in [0.15, 0.2) is 0 Å². The predicted molar refractivity (Wildman–Crippen MR) is 65.6 cm³/mol. The van der Waals surface area contributed by atoms with Crippen LogP contribution in [0.5, 0.6) is 0 Å². The normalized spacial score (nSPS) is 10.1. The highest BCUT2D eigenvalue weighted by atomic mass is 32.1. The zero-order valence-electron chi connectivity index (χ0n) is 9.01. The number of amides is 1. The molecule has 0 atom stereocenters. The lowest BCUT2D eigenvalue weighted by molar-refractivity contribution is 0.0702. The molecule has 0 unspecified atom stereocenters. The number of benzene rings is 1. The van der Waals surface area contributed by atoms with Crippen molar-refractivity contribution in [3.05, 3.63) is 52.0 Å². The van der Waals surface area contributed by atoms with Gasteiger partial charge in [-0.05, 0) is 36.4 Å². The van der Waals surface area contributed by atoms with Crippen LogP contribution in [0.15, 0.2) is 36.4 Å². The van der Waals surface area contributed by atoms with Gasteiger partial charge in [0, 0.05) is 5.69 Å². The lowest BCUT2D eigenvalue weighted by atomic mass is 10.3. The molecule has 0 bridgehead atoms. The number of aromatic carboxylic acids is 1. The van der Waals surface area contributed by atoms with E-state index in [1.807, 2.05) is 0 Å². The third-order valence-corrected chi connectivity index (χ3v) is 3.21. The molecule has 1 heterocycles. The van der Waals surface area contributed by atoms with Crippen molar-refractivity contribution in [2.45, 2.75) is 0 Å². The monoisotopic (exact) mass is 265 g/mol. The van der Waals surface area contributed by atoms with E-state index in [9.17, 15) is 14.0 Å². The van der Waals surface area contributed by atoms with Crippen molar-refractivity contribution < 1.29 is 19.1 Å². The molecule has 92 valence electrons. The van der Waals surface area contributed by atoms with Gasteiger partial charge in [-0.25, -0.2) is 9.18 Å². The Morgan fingerprint density at radius 1 is 1.06 bits per heavy atom. The quantitative estimate of drug-likeness (QED) is 0.896. The molecule has 6 heteroatoms. The molecule has 0 spiro atoms. The standard InChI is InChI=1S/C12H8FNO3S/c13-7-1-3-8(4-2-7)14-11(15)9-5-6-10(18-9)12(16)17/h1-6H,(H,14,15)(H,16,17). The van der Waals surface area contributed by atoms with Crippen LogP contribution >= 0.6 is 11.3 Å². The molecule has 0 aliphatic carbocycles. The third kappa shape index (κ3) is 2.72. The van der Waals surface area contributed by atoms with Gasteiger partial charge in [-0.3, -0.25) is 4.79 Å². The Morgan fingerprint density at radius 3 is 2.22 bits per heavy atom. The number of carboxylic acids is 1. The van der Waals surface area contributed by atoms with E-state index < -0.39 is 17.7 Å². The fraction of sp³-hybridized carbons (Fsp3) is 0. The lowest BCUT2D eigenvalue weighted by Gasteiger charge is -2.02. The molecule has 0 aliphatic rings. The highest BCUT2D eigenvalue weighted by Crippen LogP contribution is 2.18. The van der Waals surface area contributed by atoms with Gasteiger partial charge in [0.25, 0.3) is 5.91 Å². The minimum absolute atomic E-state index is 0.0965. The van der Waals surface area contributed by atoms with Crippen LogP contribution in [0, 0.1) is 5.82 Å². The van der Waals surface area contributed by atoms with Crippen LogP contribution in [-0.2, 0) is 0 Å². The smallest absolute Gasteiger partial charge is 0.345 e. The Labute approximate surface area is 106 Å². The minimum Gasteiger partial charge on any atom is -0.477 e. The first-order valence-electron chi connectivity index (χ1n) is 4.96. The Kier molecular flexibility index (Phi) is 3.38. The summed E-state index contributed by atoms with van der Waals surface area (Å²) in [5.41, 5.74) is 0.451. The van der Waals surface area contributed by atoms with Gasteiger partial charge in [0.05, 0.1) is 4.88 Å². The van der Waals surface area contributed by atoms with E-state index >= 15 is 0 Å². The topological polar surface area (TPSA) is 66.4 Å². The first-order valence-corrected chi connectivity index (χ1v) is 5.78. The summed E-state index contributed by atoms with van der Waals surface area (Å²) >= 11 is 0.886. The second-order valence-corrected chi connectivity index (χ2v) is 4.51. The van der Waals surface area contributed by atoms with Gasteiger partial charge in [0.1, 0.15) is 10.7 Å². The van der Waals surface area contributed by atoms with Gasteiger partial charge in [-0.15, -0.1) is 11.3 Å². The zero-order chi connectivity index (χ0) is 13.1. The van der Waals surface area contributed by atoms with Crippen molar-refractivity contribution in [3.63, 3.8) is 0 Å². The number of anilines is 1. The summed E-state index contributed by atoms with van der Waals surface area (Å²) in [6, 6.07) is 8.12. The van der Waals surface area contributed by atoms with E-state index in [1.165, 1.54) is 36.4 Å². The highest BCUT2D eigenvalue weighted by Gasteiger charge is 2.12. The van der Waals surface area contributed by atoms with E-state index in [0.717, 1.165) is 11.3 Å². The molecule has 0 saturated heterocycles. The molecule has 0 radical (unpaired) electrons. The molecule has 1 amide bonds. The molecule has 2 rings (SSSR count). The predicted octanol–water partition coefficient (Wildman–Crippen LogP) is 2.84. The number of thiophene rings is 1. The van der Waals surface area contributed by atoms with Crippen LogP contribution in [0.3, 0.4) is 0 Å². The van der Waals surface area contributed by atoms with Crippen molar-refractivity contribution in [1.82, 2.24) is 0 Å². The minimum atomic E-state index is -1.07. The van der Waals surface area contributed by atoms with Crippen molar-refractivity contribution >= 4 is 28.9 Å². The fourth-order valence-corrected chi connectivity index (χ4v) is 2.04. The maximum atomic E-state index is 12.7. The molecular weight excluding hydrogens is 257 g/mol. The molecular formula is C12H8FNO3S. The number of rotatable bonds is 3. The Balaban J connectivity index is 2.11. The number of carboxylic acid groups (broad SMARTS) is 1. The largest absolute Gasteiger partial charge is 0.477 e. The Bertz CT molecular complexity index is 592. The number of carbonyl (C=O) groups excluding carboxylic acids is 1. The van der Waals surface area contributed by atoms with Crippen LogP contribution in [0.1, 0.15) is 19.3 Å². The molecule has 1 aromatic heterocycles. The van der Waals surface area contributed by atoms with Crippen LogP contribution in [0.25, 0.3) is 0 Å². The van der Waals surface area contributed by atoms with Crippen molar-refractivity contribution in [2.75, 3.05) is 5.32 Å².